The van der Waals surface area contributed by atoms with Crippen molar-refractivity contribution in [1.82, 2.24) is 19.9 Å². The summed E-state index contributed by atoms with van der Waals surface area (Å²) in [4.78, 5) is 24.7. The van der Waals surface area contributed by atoms with Crippen molar-refractivity contribution >= 4 is 22.6 Å². The van der Waals surface area contributed by atoms with Crippen molar-refractivity contribution in [2.75, 3.05) is 14.2 Å². The lowest BCUT2D eigenvalue weighted by Crippen LogP contribution is -2.20. The highest BCUT2D eigenvalue weighted by atomic mass is 35.5. The lowest BCUT2D eigenvalue weighted by molar-refractivity contribution is 0.307. The Morgan fingerprint density at radius 2 is 2.13 bits per heavy atom. The molecule has 0 radical (unpaired) electrons. The van der Waals surface area contributed by atoms with E-state index in [0.29, 0.717) is 23.9 Å². The van der Waals surface area contributed by atoms with Crippen molar-refractivity contribution in [3.8, 4) is 5.75 Å². The van der Waals surface area contributed by atoms with Crippen LogP contribution in [0.2, 0.25) is 5.02 Å². The molecule has 120 valence electrons. The average molecular weight is 333 g/mol. The Balaban J connectivity index is 1.71. The Labute approximate surface area is 138 Å². The van der Waals surface area contributed by atoms with Crippen LogP contribution in [-0.4, -0.2) is 34.0 Å². The van der Waals surface area contributed by atoms with Crippen molar-refractivity contribution in [3.63, 3.8) is 0 Å². The fourth-order valence-corrected chi connectivity index (χ4v) is 2.64. The first-order chi connectivity index (χ1) is 11.0. The van der Waals surface area contributed by atoms with E-state index >= 15 is 0 Å². The van der Waals surface area contributed by atoms with E-state index < -0.39 is 0 Å². The molecule has 2 aromatic heterocycles. The molecular formula is C16H17ClN4O2. The molecule has 3 rings (SSSR count). The summed E-state index contributed by atoms with van der Waals surface area (Å²) >= 11 is 5.98. The normalized spacial score (nSPS) is 11.3. The van der Waals surface area contributed by atoms with Crippen molar-refractivity contribution in [2.24, 2.45) is 0 Å². The largest absolute Gasteiger partial charge is 0.491 e. The summed E-state index contributed by atoms with van der Waals surface area (Å²) in [6.45, 7) is 1.22. The molecule has 0 spiro atoms. The summed E-state index contributed by atoms with van der Waals surface area (Å²) in [6, 6.07) is 7.11. The number of benzene rings is 1. The van der Waals surface area contributed by atoms with Crippen LogP contribution >= 0.6 is 11.6 Å². The molecule has 7 heteroatoms. The highest BCUT2D eigenvalue weighted by Gasteiger charge is 2.08. The molecule has 0 aliphatic carbocycles. The molecule has 23 heavy (non-hydrogen) atoms. The summed E-state index contributed by atoms with van der Waals surface area (Å²) in [6.07, 6.45) is 1.58. The van der Waals surface area contributed by atoms with E-state index in [1.54, 1.807) is 12.3 Å². The Morgan fingerprint density at radius 3 is 2.87 bits per heavy atom. The predicted molar refractivity (Wildman–Crippen MR) is 89.9 cm³/mol. The van der Waals surface area contributed by atoms with E-state index in [0.717, 1.165) is 22.6 Å². The van der Waals surface area contributed by atoms with Gasteiger partial charge >= 0.3 is 0 Å². The Morgan fingerprint density at radius 1 is 1.30 bits per heavy atom. The van der Waals surface area contributed by atoms with Gasteiger partial charge < -0.3 is 14.7 Å². The SMILES string of the molecule is COc1c[nH]c(CN(C)Cc2nc3ccc(Cl)cc3[nH]2)cc1=O. The third-order valence-corrected chi connectivity index (χ3v) is 3.74. The Bertz CT molecular complexity index is 887. The van der Waals surface area contributed by atoms with Crippen LogP contribution in [-0.2, 0) is 13.1 Å². The van der Waals surface area contributed by atoms with Gasteiger partial charge in [-0.3, -0.25) is 9.69 Å². The van der Waals surface area contributed by atoms with Gasteiger partial charge in [0.05, 0.1) is 24.7 Å². The van der Waals surface area contributed by atoms with E-state index in [2.05, 4.69) is 19.9 Å². The van der Waals surface area contributed by atoms with Crippen LogP contribution in [0.3, 0.4) is 0 Å². The van der Waals surface area contributed by atoms with Gasteiger partial charge in [-0.05, 0) is 25.2 Å². The summed E-state index contributed by atoms with van der Waals surface area (Å²) in [5.74, 6) is 1.16. The maximum atomic E-state index is 11.8. The molecule has 2 N–H and O–H groups in total. The molecule has 0 aliphatic rings. The van der Waals surface area contributed by atoms with Gasteiger partial charge in [-0.25, -0.2) is 4.98 Å². The number of H-pyrrole nitrogens is 2. The van der Waals surface area contributed by atoms with Crippen LogP contribution in [0.4, 0.5) is 0 Å². The number of aromatic nitrogens is 3. The molecule has 1 aromatic carbocycles. The third kappa shape index (κ3) is 3.55. The quantitative estimate of drug-likeness (QED) is 0.753. The lowest BCUT2D eigenvalue weighted by atomic mass is 10.3. The summed E-state index contributed by atoms with van der Waals surface area (Å²) in [7, 11) is 3.44. The van der Waals surface area contributed by atoms with Crippen molar-refractivity contribution in [1.29, 1.82) is 0 Å². The molecule has 0 aliphatic heterocycles. The van der Waals surface area contributed by atoms with Gasteiger partial charge in [-0.15, -0.1) is 0 Å². The van der Waals surface area contributed by atoms with Gasteiger partial charge in [0.1, 0.15) is 5.82 Å². The van der Waals surface area contributed by atoms with Gasteiger partial charge in [0, 0.05) is 29.5 Å². The predicted octanol–water partition coefficient (Wildman–Crippen LogP) is 2.55. The zero-order valence-corrected chi connectivity index (χ0v) is 13.6. The van der Waals surface area contributed by atoms with E-state index in [1.807, 2.05) is 25.2 Å². The van der Waals surface area contributed by atoms with Crippen LogP contribution in [0.5, 0.6) is 5.75 Å². The molecule has 6 nitrogen and oxygen atoms in total. The van der Waals surface area contributed by atoms with Gasteiger partial charge in [0.25, 0.3) is 0 Å². The maximum absolute atomic E-state index is 11.8. The van der Waals surface area contributed by atoms with Crippen LogP contribution in [0.25, 0.3) is 11.0 Å². The first-order valence-electron chi connectivity index (χ1n) is 7.13. The minimum atomic E-state index is -0.131. The van der Waals surface area contributed by atoms with Crippen molar-refractivity contribution in [3.05, 3.63) is 57.2 Å². The Kier molecular flexibility index (Phi) is 4.36. The number of ether oxygens (including phenoxy) is 1. The number of fused-ring (bicyclic) bond motifs is 1. The molecule has 0 bridgehead atoms. The Hall–Kier alpha value is -2.31. The zero-order valence-electron chi connectivity index (χ0n) is 12.9. The standard InChI is InChI=1S/C16H17ClN4O2/c1-21(8-11-6-14(22)15(23-2)7-18-11)9-16-19-12-4-3-10(17)5-13(12)20-16/h3-7H,8-9H2,1-2H3,(H,18,22)(H,19,20). The molecule has 0 saturated heterocycles. The first-order valence-corrected chi connectivity index (χ1v) is 7.51. The second-order valence-corrected chi connectivity index (χ2v) is 5.84. The van der Waals surface area contributed by atoms with Crippen molar-refractivity contribution in [2.45, 2.75) is 13.1 Å². The summed E-state index contributed by atoms with van der Waals surface area (Å²) in [5, 5.41) is 0.678. The van der Waals surface area contributed by atoms with Crippen molar-refractivity contribution < 1.29 is 4.74 Å². The monoisotopic (exact) mass is 332 g/mol. The number of methoxy groups -OCH3 is 1. The molecule has 0 amide bonds. The zero-order chi connectivity index (χ0) is 16.4. The molecular weight excluding hydrogens is 316 g/mol. The van der Waals surface area contributed by atoms with Gasteiger partial charge in [-0.2, -0.15) is 0 Å². The van der Waals surface area contributed by atoms with E-state index in [1.165, 1.54) is 7.11 Å². The second kappa shape index (κ2) is 6.44. The molecule has 2 heterocycles. The van der Waals surface area contributed by atoms with Crippen LogP contribution in [0.15, 0.2) is 35.3 Å². The summed E-state index contributed by atoms with van der Waals surface area (Å²) in [5.41, 5.74) is 2.49. The summed E-state index contributed by atoms with van der Waals surface area (Å²) < 4.78 is 4.96. The minimum Gasteiger partial charge on any atom is -0.491 e. The smallest absolute Gasteiger partial charge is 0.223 e. The lowest BCUT2D eigenvalue weighted by Gasteiger charge is -2.15. The third-order valence-electron chi connectivity index (χ3n) is 3.51. The highest BCUT2D eigenvalue weighted by molar-refractivity contribution is 6.31. The van der Waals surface area contributed by atoms with Gasteiger partial charge in [0.2, 0.25) is 5.43 Å². The molecule has 0 fully saturated rings. The number of pyridine rings is 1. The number of halogens is 1. The molecule has 0 atom stereocenters. The first kappa shape index (κ1) is 15.6. The number of aromatic amines is 2. The van der Waals surface area contributed by atoms with Crippen LogP contribution in [0, 0.1) is 0 Å². The van der Waals surface area contributed by atoms with Gasteiger partial charge in [0.15, 0.2) is 5.75 Å². The molecule has 0 unspecified atom stereocenters. The highest BCUT2D eigenvalue weighted by Crippen LogP contribution is 2.17. The fourth-order valence-electron chi connectivity index (χ4n) is 2.46. The second-order valence-electron chi connectivity index (χ2n) is 5.41. The average Bonchev–Trinajstić information content (AvgIpc) is 2.88. The number of hydrogen-bond acceptors (Lipinski definition) is 4. The number of rotatable bonds is 5. The van der Waals surface area contributed by atoms with Crippen LogP contribution < -0.4 is 10.2 Å². The van der Waals surface area contributed by atoms with Crippen LogP contribution in [0.1, 0.15) is 11.5 Å². The maximum Gasteiger partial charge on any atom is 0.223 e. The van der Waals surface area contributed by atoms with E-state index in [9.17, 15) is 4.79 Å². The molecule has 0 saturated carbocycles. The van der Waals surface area contributed by atoms with Gasteiger partial charge in [-0.1, -0.05) is 11.6 Å². The number of imidazole rings is 1. The topological polar surface area (TPSA) is 74.0 Å². The number of hydrogen-bond donors (Lipinski definition) is 2. The van der Waals surface area contributed by atoms with E-state index in [4.69, 9.17) is 16.3 Å². The minimum absolute atomic E-state index is 0.131. The number of nitrogens with zero attached hydrogens (tertiary/aromatic N) is 2. The molecule has 3 aromatic rings. The fraction of sp³-hybridized carbons (Fsp3) is 0.250. The number of nitrogens with one attached hydrogen (secondary N) is 2. The van der Waals surface area contributed by atoms with E-state index in [-0.39, 0.29) is 5.43 Å².